The number of carboxylic acid groups (broad SMARTS) is 2. The van der Waals surface area contributed by atoms with Crippen LogP contribution in [0.5, 0.6) is 0 Å². The molecule has 0 saturated carbocycles. The first-order valence-corrected chi connectivity index (χ1v) is 1.82. The second kappa shape index (κ2) is 22.6. The van der Waals surface area contributed by atoms with Crippen LogP contribution in [0.2, 0.25) is 0 Å². The van der Waals surface area contributed by atoms with E-state index in [4.69, 9.17) is 19.8 Å². The van der Waals surface area contributed by atoms with Gasteiger partial charge in [-0.2, -0.15) is 0 Å². The number of carbonyl (C=O) groups is 2. The molecule has 0 radical (unpaired) electrons. The van der Waals surface area contributed by atoms with Crippen molar-refractivity contribution in [1.29, 1.82) is 0 Å². The van der Waals surface area contributed by atoms with Gasteiger partial charge in [0.2, 0.25) is 0 Å². The smallest absolute Gasteiger partial charge is 0.870 e. The molecule has 0 spiro atoms. The second-order valence-corrected chi connectivity index (χ2v) is 0.983. The van der Waals surface area contributed by atoms with Crippen molar-refractivity contribution in [3.63, 3.8) is 0 Å². The van der Waals surface area contributed by atoms with E-state index < -0.39 is 11.9 Å². The summed E-state index contributed by atoms with van der Waals surface area (Å²) in [5.74, 6) is -2.17. The number of carbonyl (C=O) groups excluding carboxylic acids is 2. The third-order valence-corrected chi connectivity index (χ3v) is 0. The fraction of sp³-hybridized carbons (Fsp3) is 0.500. The van der Waals surface area contributed by atoms with Crippen molar-refractivity contribution in [3.8, 4) is 0 Å². The van der Waals surface area contributed by atoms with Crippen LogP contribution in [0.15, 0.2) is 0 Å². The van der Waals surface area contributed by atoms with E-state index >= 15 is 0 Å². The molecule has 0 aliphatic rings. The van der Waals surface area contributed by atoms with Crippen molar-refractivity contribution in [2.75, 3.05) is 0 Å². The molecule has 0 rings (SSSR count). The summed E-state index contributed by atoms with van der Waals surface area (Å²) in [5.41, 5.74) is 0. The van der Waals surface area contributed by atoms with Gasteiger partial charge in [0.1, 0.15) is 0 Å². The molecule has 0 amide bonds. The molecule has 0 unspecified atom stereocenters. The summed E-state index contributed by atoms with van der Waals surface area (Å²) in [7, 11) is 0. The Morgan fingerprint density at radius 2 is 0.909 bits per heavy atom. The zero-order valence-electron chi connectivity index (χ0n) is 6.03. The van der Waals surface area contributed by atoms with Crippen molar-refractivity contribution >= 4 is 11.9 Å². The first kappa shape index (κ1) is 30.9. The average molecular weight is 331 g/mol. The van der Waals surface area contributed by atoms with Crippen LogP contribution in [-0.4, -0.2) is 22.9 Å². The monoisotopic (exact) mass is 332 g/mol. The SMILES string of the molecule is CC(=O)[O-].CC(=O)[O-].[Hf+4].[OH-].[OH-]. The van der Waals surface area contributed by atoms with E-state index in [1.54, 1.807) is 0 Å². The quantitative estimate of drug-likeness (QED) is 0.438. The van der Waals surface area contributed by atoms with E-state index in [1.807, 2.05) is 0 Å². The number of hydrogen-bond donors (Lipinski definition) is 0. The summed E-state index contributed by atoms with van der Waals surface area (Å²) in [6, 6.07) is 0. The predicted molar refractivity (Wildman–Crippen MR) is 25.2 cm³/mol. The van der Waals surface area contributed by atoms with Gasteiger partial charge in [0, 0.05) is 11.9 Å². The molecule has 0 aromatic heterocycles. The Morgan fingerprint density at radius 1 is 0.909 bits per heavy atom. The van der Waals surface area contributed by atoms with Gasteiger partial charge >= 0.3 is 25.8 Å². The summed E-state index contributed by atoms with van der Waals surface area (Å²) in [6.07, 6.45) is 0. The standard InChI is InChI=1S/2C2H4O2.Hf.2H2O/c2*1-2(3)4;;;/h2*1H3,(H,3,4);;2*1H2/q;;+4;;/p-4. The second-order valence-electron chi connectivity index (χ2n) is 0.983. The van der Waals surface area contributed by atoms with Gasteiger partial charge in [-0.05, 0) is 13.8 Å². The van der Waals surface area contributed by atoms with Crippen LogP contribution in [0, 0.1) is 0 Å². The molecule has 7 heteroatoms. The van der Waals surface area contributed by atoms with Gasteiger partial charge in [0.15, 0.2) is 0 Å². The summed E-state index contributed by atoms with van der Waals surface area (Å²) in [5, 5.41) is 17.8. The van der Waals surface area contributed by atoms with E-state index in [-0.39, 0.29) is 36.8 Å². The van der Waals surface area contributed by atoms with Crippen LogP contribution in [0.3, 0.4) is 0 Å². The molecule has 0 bridgehead atoms. The summed E-state index contributed by atoms with van der Waals surface area (Å²) in [6.45, 7) is 1.94. The van der Waals surface area contributed by atoms with Gasteiger partial charge in [0.05, 0.1) is 0 Å². The van der Waals surface area contributed by atoms with Crippen LogP contribution in [0.4, 0.5) is 0 Å². The van der Waals surface area contributed by atoms with Crippen LogP contribution in [-0.2, 0) is 35.4 Å². The van der Waals surface area contributed by atoms with Crippen molar-refractivity contribution in [2.24, 2.45) is 0 Å². The molecule has 11 heavy (non-hydrogen) atoms. The molecule has 0 aromatic rings. The molecule has 0 aliphatic carbocycles. The van der Waals surface area contributed by atoms with E-state index in [9.17, 15) is 0 Å². The van der Waals surface area contributed by atoms with Gasteiger partial charge in [0.25, 0.3) is 0 Å². The largest absolute Gasteiger partial charge is 4.00 e. The van der Waals surface area contributed by atoms with Gasteiger partial charge in [-0.3, -0.25) is 0 Å². The van der Waals surface area contributed by atoms with Crippen molar-refractivity contribution in [1.82, 2.24) is 0 Å². The van der Waals surface area contributed by atoms with Gasteiger partial charge in [-0.1, -0.05) is 0 Å². The van der Waals surface area contributed by atoms with E-state index in [0.29, 0.717) is 0 Å². The molecule has 2 N–H and O–H groups in total. The zero-order valence-corrected chi connectivity index (χ0v) is 9.62. The molecule has 0 aromatic carbocycles. The van der Waals surface area contributed by atoms with Crippen molar-refractivity contribution in [2.45, 2.75) is 13.8 Å². The number of hydrogen-bond acceptors (Lipinski definition) is 6. The molecule has 0 atom stereocenters. The first-order chi connectivity index (χ1) is 3.46. The van der Waals surface area contributed by atoms with Crippen LogP contribution >= 0.6 is 0 Å². The van der Waals surface area contributed by atoms with Gasteiger partial charge < -0.3 is 30.8 Å². The summed E-state index contributed by atoms with van der Waals surface area (Å²) < 4.78 is 0. The minimum atomic E-state index is -1.08. The maximum Gasteiger partial charge on any atom is 4.00 e. The summed E-state index contributed by atoms with van der Waals surface area (Å²) >= 11 is 0. The maximum absolute atomic E-state index is 8.89. The molecular formula is C4H8HfO6. The van der Waals surface area contributed by atoms with Crippen LogP contribution in [0.1, 0.15) is 13.8 Å². The molecule has 0 aliphatic heterocycles. The molecular weight excluding hydrogens is 323 g/mol. The minimum Gasteiger partial charge on any atom is -0.870 e. The number of rotatable bonds is 0. The minimum absolute atomic E-state index is 0. The van der Waals surface area contributed by atoms with Gasteiger partial charge in [-0.25, -0.2) is 0 Å². The third kappa shape index (κ3) is 7980. The first-order valence-electron chi connectivity index (χ1n) is 1.82. The molecule has 6 nitrogen and oxygen atoms in total. The molecule has 64 valence electrons. The Bertz CT molecular complexity index is 72.6. The van der Waals surface area contributed by atoms with E-state index in [1.165, 1.54) is 0 Å². The normalized spacial score (nSPS) is 4.55. The Labute approximate surface area is 82.6 Å². The number of aliphatic carboxylic acids is 2. The Balaban J connectivity index is -0.0000000171. The average Bonchev–Trinajstić information content (AvgIpc) is 1.25. The predicted octanol–water partition coefficient (Wildman–Crippen LogP) is -2.84. The fourth-order valence-corrected chi connectivity index (χ4v) is 0. The fourth-order valence-electron chi connectivity index (χ4n) is 0. The Kier molecular flexibility index (Phi) is 63.5. The van der Waals surface area contributed by atoms with Crippen LogP contribution in [0.25, 0.3) is 0 Å². The molecule has 0 heterocycles. The molecule has 0 fully saturated rings. The molecule has 0 saturated heterocycles. The topological polar surface area (TPSA) is 140 Å². The van der Waals surface area contributed by atoms with Crippen molar-refractivity contribution in [3.05, 3.63) is 0 Å². The van der Waals surface area contributed by atoms with Crippen LogP contribution < -0.4 is 10.2 Å². The summed E-state index contributed by atoms with van der Waals surface area (Å²) in [4.78, 5) is 17.8. The Morgan fingerprint density at radius 3 is 0.909 bits per heavy atom. The van der Waals surface area contributed by atoms with Crippen molar-refractivity contribution < 1.29 is 56.6 Å². The third-order valence-electron chi connectivity index (χ3n) is 0. The number of carboxylic acids is 2. The maximum atomic E-state index is 8.89. The zero-order chi connectivity index (χ0) is 7.15. The Hall–Kier alpha value is -0.270. The van der Waals surface area contributed by atoms with E-state index in [0.717, 1.165) is 13.8 Å². The van der Waals surface area contributed by atoms with E-state index in [2.05, 4.69) is 0 Å². The van der Waals surface area contributed by atoms with Gasteiger partial charge in [-0.15, -0.1) is 0 Å².